The summed E-state index contributed by atoms with van der Waals surface area (Å²) in [5, 5.41) is 11.2. The number of aliphatic hydroxyl groups excluding tert-OH is 1. The van der Waals surface area contributed by atoms with Crippen molar-refractivity contribution >= 4 is 23.4 Å². The van der Waals surface area contributed by atoms with E-state index in [4.69, 9.17) is 5.11 Å². The number of carbonyl (C=O) groups is 3. The van der Waals surface area contributed by atoms with E-state index < -0.39 is 11.8 Å². The number of amides is 3. The molecule has 0 aliphatic carbocycles. The van der Waals surface area contributed by atoms with E-state index in [-0.39, 0.29) is 30.4 Å². The molecule has 8 heteroatoms. The molecular weight excluding hydrogens is 300 g/mol. The largest absolute Gasteiger partial charge is 0.395 e. The van der Waals surface area contributed by atoms with Crippen LogP contribution in [-0.4, -0.2) is 45.9 Å². The van der Waals surface area contributed by atoms with Gasteiger partial charge in [-0.05, 0) is 24.3 Å². The summed E-state index contributed by atoms with van der Waals surface area (Å²) in [6, 6.07) is 5.98. The monoisotopic (exact) mass is 312 g/mol. The molecular formula is C15H12N4O4. The molecule has 0 fully saturated rings. The molecule has 0 spiro atoms. The van der Waals surface area contributed by atoms with E-state index in [0.717, 1.165) is 4.90 Å². The fraction of sp³-hybridized carbons (Fsp3) is 0.133. The first-order valence-electron chi connectivity index (χ1n) is 6.82. The Balaban J connectivity index is 1.85. The lowest BCUT2D eigenvalue weighted by Crippen LogP contribution is -2.30. The number of nitrogens with one attached hydrogen (secondary N) is 1. The van der Waals surface area contributed by atoms with Gasteiger partial charge in [-0.15, -0.1) is 0 Å². The fourth-order valence-electron chi connectivity index (χ4n) is 2.22. The van der Waals surface area contributed by atoms with Gasteiger partial charge >= 0.3 is 0 Å². The van der Waals surface area contributed by atoms with Crippen LogP contribution in [0.1, 0.15) is 31.3 Å². The number of rotatable bonds is 4. The van der Waals surface area contributed by atoms with Gasteiger partial charge in [-0.2, -0.15) is 0 Å². The Morgan fingerprint density at radius 1 is 1.04 bits per heavy atom. The Labute approximate surface area is 130 Å². The van der Waals surface area contributed by atoms with Crippen LogP contribution in [0, 0.1) is 0 Å². The number of benzene rings is 1. The van der Waals surface area contributed by atoms with Gasteiger partial charge in [0.1, 0.15) is 0 Å². The van der Waals surface area contributed by atoms with Gasteiger partial charge in [0, 0.05) is 24.5 Å². The molecule has 0 saturated heterocycles. The highest BCUT2D eigenvalue weighted by Crippen LogP contribution is 2.25. The van der Waals surface area contributed by atoms with E-state index in [1.54, 1.807) is 0 Å². The fourth-order valence-corrected chi connectivity index (χ4v) is 2.22. The van der Waals surface area contributed by atoms with Gasteiger partial charge in [-0.3, -0.25) is 14.4 Å². The molecule has 2 aromatic rings. The van der Waals surface area contributed by atoms with Crippen LogP contribution < -0.4 is 10.2 Å². The Morgan fingerprint density at radius 3 is 2.13 bits per heavy atom. The second-order valence-electron chi connectivity index (χ2n) is 4.73. The van der Waals surface area contributed by atoms with Crippen molar-refractivity contribution in [2.75, 3.05) is 18.1 Å². The maximum atomic E-state index is 12.3. The minimum atomic E-state index is -0.546. The molecule has 3 rings (SSSR count). The summed E-state index contributed by atoms with van der Waals surface area (Å²) in [4.78, 5) is 45.0. The average Bonchev–Trinajstić information content (AvgIpc) is 2.84. The predicted octanol–water partition coefficient (Wildman–Crippen LogP) is -0.000700. The highest BCUT2D eigenvalue weighted by Gasteiger charge is 2.39. The van der Waals surface area contributed by atoms with E-state index in [0.29, 0.717) is 11.3 Å². The van der Waals surface area contributed by atoms with Crippen LogP contribution in [0.4, 0.5) is 5.69 Å². The van der Waals surface area contributed by atoms with E-state index in [2.05, 4.69) is 15.3 Å². The first kappa shape index (κ1) is 14.8. The van der Waals surface area contributed by atoms with Crippen molar-refractivity contribution in [3.05, 3.63) is 53.6 Å². The van der Waals surface area contributed by atoms with Crippen LogP contribution in [0.3, 0.4) is 0 Å². The molecule has 0 bridgehead atoms. The van der Waals surface area contributed by atoms with Crippen LogP contribution in [0.2, 0.25) is 0 Å². The van der Waals surface area contributed by atoms with Crippen molar-refractivity contribution < 1.29 is 19.5 Å². The molecule has 3 amide bonds. The lowest BCUT2D eigenvalue weighted by atomic mass is 10.2. The van der Waals surface area contributed by atoms with Gasteiger partial charge < -0.3 is 10.4 Å². The molecule has 2 N–H and O–H groups in total. The molecule has 0 radical (unpaired) electrons. The zero-order chi connectivity index (χ0) is 16.4. The van der Waals surface area contributed by atoms with Crippen molar-refractivity contribution in [2.45, 2.75) is 0 Å². The molecule has 1 aliphatic heterocycles. The molecule has 2 heterocycles. The van der Waals surface area contributed by atoms with Crippen molar-refractivity contribution in [2.24, 2.45) is 0 Å². The molecule has 1 aromatic carbocycles. The quantitative estimate of drug-likeness (QED) is 0.768. The number of imide groups is 1. The second-order valence-corrected chi connectivity index (χ2v) is 4.73. The SMILES string of the molecule is O=C(NCCO)c1ccc(N2C(=O)c3nccnc3C2=O)cc1. The maximum absolute atomic E-state index is 12.3. The lowest BCUT2D eigenvalue weighted by molar-refractivity contribution is 0.0920. The maximum Gasteiger partial charge on any atom is 0.286 e. The molecule has 1 aromatic heterocycles. The summed E-state index contributed by atoms with van der Waals surface area (Å²) in [6.45, 7) is -0.00477. The Morgan fingerprint density at radius 2 is 1.61 bits per heavy atom. The summed E-state index contributed by atoms with van der Waals surface area (Å²) in [5.41, 5.74) is 0.720. The number of aliphatic hydroxyl groups is 1. The molecule has 0 atom stereocenters. The van der Waals surface area contributed by atoms with E-state index >= 15 is 0 Å². The molecule has 0 unspecified atom stereocenters. The first-order chi connectivity index (χ1) is 11.1. The normalized spacial score (nSPS) is 13.2. The van der Waals surface area contributed by atoms with Crippen LogP contribution >= 0.6 is 0 Å². The zero-order valence-electron chi connectivity index (χ0n) is 11.9. The third-order valence-electron chi connectivity index (χ3n) is 3.29. The number of aromatic nitrogens is 2. The predicted molar refractivity (Wildman–Crippen MR) is 79.0 cm³/mol. The van der Waals surface area contributed by atoms with Crippen LogP contribution in [0.5, 0.6) is 0 Å². The summed E-state index contributed by atoms with van der Waals surface area (Å²) in [7, 11) is 0. The number of carbonyl (C=O) groups excluding carboxylic acids is 3. The van der Waals surface area contributed by atoms with Crippen molar-refractivity contribution in [3.63, 3.8) is 0 Å². The number of hydrogen-bond acceptors (Lipinski definition) is 6. The Kier molecular flexibility index (Phi) is 3.82. The Hall–Kier alpha value is -3.13. The van der Waals surface area contributed by atoms with Crippen LogP contribution in [0.25, 0.3) is 0 Å². The van der Waals surface area contributed by atoms with Crippen molar-refractivity contribution in [3.8, 4) is 0 Å². The van der Waals surface area contributed by atoms with Gasteiger partial charge in [-0.25, -0.2) is 14.9 Å². The molecule has 116 valence electrons. The molecule has 23 heavy (non-hydrogen) atoms. The highest BCUT2D eigenvalue weighted by atomic mass is 16.3. The van der Waals surface area contributed by atoms with E-state index in [9.17, 15) is 14.4 Å². The first-order valence-corrected chi connectivity index (χ1v) is 6.82. The van der Waals surface area contributed by atoms with Crippen LogP contribution in [-0.2, 0) is 0 Å². The van der Waals surface area contributed by atoms with Gasteiger partial charge in [-0.1, -0.05) is 0 Å². The van der Waals surface area contributed by atoms with Crippen molar-refractivity contribution in [1.29, 1.82) is 0 Å². The van der Waals surface area contributed by atoms with Gasteiger partial charge in [0.05, 0.1) is 12.3 Å². The van der Waals surface area contributed by atoms with Gasteiger partial charge in [0.15, 0.2) is 11.4 Å². The molecule has 1 aliphatic rings. The standard InChI is InChI=1S/C15H12N4O4/c20-8-7-18-13(21)9-1-3-10(4-2-9)19-14(22)11-12(15(19)23)17-6-5-16-11/h1-6,20H,7-8H2,(H,18,21). The highest BCUT2D eigenvalue weighted by molar-refractivity contribution is 6.33. The summed E-state index contributed by atoms with van der Waals surface area (Å²) < 4.78 is 0. The topological polar surface area (TPSA) is 112 Å². The summed E-state index contributed by atoms with van der Waals surface area (Å²) in [6.07, 6.45) is 2.70. The smallest absolute Gasteiger partial charge is 0.286 e. The van der Waals surface area contributed by atoms with E-state index in [1.807, 2.05) is 0 Å². The van der Waals surface area contributed by atoms with E-state index in [1.165, 1.54) is 36.7 Å². The van der Waals surface area contributed by atoms with Gasteiger partial charge in [0.25, 0.3) is 17.7 Å². The number of fused-ring (bicyclic) bond motifs is 1. The molecule has 0 saturated carbocycles. The van der Waals surface area contributed by atoms with Crippen molar-refractivity contribution in [1.82, 2.24) is 15.3 Å². The minimum Gasteiger partial charge on any atom is -0.395 e. The third kappa shape index (κ3) is 2.55. The number of hydrogen-bond donors (Lipinski definition) is 2. The lowest BCUT2D eigenvalue weighted by Gasteiger charge is -2.13. The second kappa shape index (κ2) is 5.93. The Bertz CT molecular complexity index is 753. The number of nitrogens with zero attached hydrogens (tertiary/aromatic N) is 3. The zero-order valence-corrected chi connectivity index (χ0v) is 11.9. The van der Waals surface area contributed by atoms with Crippen LogP contribution in [0.15, 0.2) is 36.7 Å². The average molecular weight is 312 g/mol. The summed E-state index contributed by atoms with van der Waals surface area (Å²) in [5.74, 6) is -1.44. The third-order valence-corrected chi connectivity index (χ3v) is 3.29. The summed E-state index contributed by atoms with van der Waals surface area (Å²) >= 11 is 0. The molecule has 8 nitrogen and oxygen atoms in total. The minimum absolute atomic E-state index is 0.0160. The van der Waals surface area contributed by atoms with Gasteiger partial charge in [0.2, 0.25) is 0 Å². The number of anilines is 1.